The average molecular weight is 169 g/mol. The van der Waals surface area contributed by atoms with Crippen LogP contribution in [0.4, 0.5) is 0 Å². The maximum Gasteiger partial charge on any atom is 0.0155 e. The van der Waals surface area contributed by atoms with Crippen LogP contribution in [0.1, 0.15) is 59.3 Å². The first-order valence-electron chi connectivity index (χ1n) is 5.48. The van der Waals surface area contributed by atoms with Gasteiger partial charge in [0.05, 0.1) is 0 Å². The Balaban J connectivity index is 2.36. The van der Waals surface area contributed by atoms with E-state index in [0.29, 0.717) is 5.54 Å². The Morgan fingerprint density at radius 1 is 1.17 bits per heavy atom. The highest BCUT2D eigenvalue weighted by Gasteiger charge is 2.29. The molecule has 0 spiro atoms. The van der Waals surface area contributed by atoms with Crippen molar-refractivity contribution in [1.29, 1.82) is 0 Å². The van der Waals surface area contributed by atoms with Crippen LogP contribution in [0.2, 0.25) is 0 Å². The van der Waals surface area contributed by atoms with Gasteiger partial charge >= 0.3 is 0 Å². The van der Waals surface area contributed by atoms with Crippen LogP contribution in [0.15, 0.2) is 0 Å². The first-order valence-corrected chi connectivity index (χ1v) is 5.48. The topological polar surface area (TPSA) is 12.0 Å². The molecule has 0 atom stereocenters. The Morgan fingerprint density at radius 3 is 2.08 bits per heavy atom. The van der Waals surface area contributed by atoms with Gasteiger partial charge in [0, 0.05) is 11.6 Å². The molecule has 1 aliphatic carbocycles. The van der Waals surface area contributed by atoms with E-state index in [2.05, 4.69) is 26.1 Å². The molecule has 0 aliphatic heterocycles. The maximum absolute atomic E-state index is 3.79. The second kappa shape index (κ2) is 4.27. The number of rotatable bonds is 4. The smallest absolute Gasteiger partial charge is 0.0155 e. The number of hydrogen-bond donors (Lipinski definition) is 1. The third-order valence-corrected chi connectivity index (χ3v) is 3.25. The molecule has 0 bridgehead atoms. The predicted octanol–water partition coefficient (Wildman–Crippen LogP) is 3.10. The van der Waals surface area contributed by atoms with Crippen molar-refractivity contribution in [2.45, 2.75) is 70.9 Å². The van der Waals surface area contributed by atoms with Gasteiger partial charge in [-0.15, -0.1) is 0 Å². The van der Waals surface area contributed by atoms with Crippen molar-refractivity contribution in [1.82, 2.24) is 5.32 Å². The van der Waals surface area contributed by atoms with Crippen molar-refractivity contribution >= 4 is 0 Å². The van der Waals surface area contributed by atoms with Gasteiger partial charge in [0.25, 0.3) is 0 Å². The van der Waals surface area contributed by atoms with Gasteiger partial charge in [-0.2, -0.15) is 0 Å². The first-order chi connectivity index (χ1) is 5.70. The number of nitrogens with one attached hydrogen (secondary N) is 1. The summed E-state index contributed by atoms with van der Waals surface area (Å²) in [5.41, 5.74) is 0.469. The van der Waals surface area contributed by atoms with Gasteiger partial charge < -0.3 is 5.32 Å². The van der Waals surface area contributed by atoms with Crippen LogP contribution in [0.5, 0.6) is 0 Å². The third kappa shape index (κ3) is 2.48. The van der Waals surface area contributed by atoms with Crippen molar-refractivity contribution in [2.24, 2.45) is 0 Å². The molecule has 1 heteroatoms. The molecule has 0 aromatic heterocycles. The summed E-state index contributed by atoms with van der Waals surface area (Å²) in [4.78, 5) is 0. The summed E-state index contributed by atoms with van der Waals surface area (Å²) in [6.07, 6.45) is 8.14. The standard InChI is InChI=1S/C11H23N/c1-4-10(5-2)12-11(3)8-6-7-9-11/h10,12H,4-9H2,1-3H3. The van der Waals surface area contributed by atoms with E-state index in [1.54, 1.807) is 0 Å². The molecule has 0 heterocycles. The second-order valence-electron chi connectivity index (χ2n) is 4.43. The summed E-state index contributed by atoms with van der Waals surface area (Å²) in [5.74, 6) is 0. The lowest BCUT2D eigenvalue weighted by molar-refractivity contribution is 0.303. The van der Waals surface area contributed by atoms with Crippen molar-refractivity contribution in [3.63, 3.8) is 0 Å². The Labute approximate surface area is 76.9 Å². The van der Waals surface area contributed by atoms with Gasteiger partial charge in [-0.1, -0.05) is 26.7 Å². The molecule has 0 aromatic rings. The molecule has 1 fully saturated rings. The van der Waals surface area contributed by atoms with Crippen molar-refractivity contribution in [3.8, 4) is 0 Å². The predicted molar refractivity (Wildman–Crippen MR) is 54.4 cm³/mol. The van der Waals surface area contributed by atoms with E-state index in [1.807, 2.05) is 0 Å². The molecular weight excluding hydrogens is 146 g/mol. The van der Waals surface area contributed by atoms with Gasteiger partial charge in [-0.05, 0) is 32.6 Å². The van der Waals surface area contributed by atoms with E-state index in [-0.39, 0.29) is 0 Å². The fourth-order valence-electron chi connectivity index (χ4n) is 2.29. The summed E-state index contributed by atoms with van der Waals surface area (Å²) in [6.45, 7) is 6.94. The molecule has 1 saturated carbocycles. The second-order valence-corrected chi connectivity index (χ2v) is 4.43. The molecule has 0 aromatic carbocycles. The van der Waals surface area contributed by atoms with Gasteiger partial charge in [0.15, 0.2) is 0 Å². The molecular formula is C11H23N. The third-order valence-electron chi connectivity index (χ3n) is 3.25. The molecule has 1 aliphatic rings. The van der Waals surface area contributed by atoms with Crippen molar-refractivity contribution < 1.29 is 0 Å². The molecule has 1 rings (SSSR count). The minimum Gasteiger partial charge on any atom is -0.309 e. The molecule has 0 unspecified atom stereocenters. The van der Waals surface area contributed by atoms with Crippen LogP contribution in [-0.4, -0.2) is 11.6 Å². The quantitative estimate of drug-likeness (QED) is 0.682. The van der Waals surface area contributed by atoms with Gasteiger partial charge in [-0.25, -0.2) is 0 Å². The van der Waals surface area contributed by atoms with E-state index >= 15 is 0 Å². The lowest BCUT2D eigenvalue weighted by Gasteiger charge is -2.30. The van der Waals surface area contributed by atoms with E-state index in [9.17, 15) is 0 Å². The molecule has 1 N–H and O–H groups in total. The lowest BCUT2D eigenvalue weighted by atomic mass is 9.98. The molecule has 0 saturated heterocycles. The monoisotopic (exact) mass is 169 g/mol. The fourth-order valence-corrected chi connectivity index (χ4v) is 2.29. The van der Waals surface area contributed by atoms with Crippen molar-refractivity contribution in [2.75, 3.05) is 0 Å². The lowest BCUT2D eigenvalue weighted by Crippen LogP contribution is -2.45. The normalized spacial score (nSPS) is 22.0. The summed E-state index contributed by atoms with van der Waals surface area (Å²) in [7, 11) is 0. The van der Waals surface area contributed by atoms with E-state index < -0.39 is 0 Å². The van der Waals surface area contributed by atoms with Gasteiger partial charge in [0.2, 0.25) is 0 Å². The minimum atomic E-state index is 0.469. The highest BCUT2D eigenvalue weighted by atomic mass is 15.0. The zero-order valence-corrected chi connectivity index (χ0v) is 8.82. The van der Waals surface area contributed by atoms with Crippen molar-refractivity contribution in [3.05, 3.63) is 0 Å². The van der Waals surface area contributed by atoms with Crippen LogP contribution in [0, 0.1) is 0 Å². The Hall–Kier alpha value is -0.0400. The Morgan fingerprint density at radius 2 is 1.67 bits per heavy atom. The average Bonchev–Trinajstić information content (AvgIpc) is 2.48. The molecule has 0 amide bonds. The Kier molecular flexibility index (Phi) is 3.57. The fraction of sp³-hybridized carbons (Fsp3) is 1.00. The number of hydrogen-bond acceptors (Lipinski definition) is 1. The zero-order valence-electron chi connectivity index (χ0n) is 8.82. The van der Waals surface area contributed by atoms with E-state index in [0.717, 1.165) is 6.04 Å². The van der Waals surface area contributed by atoms with Crippen LogP contribution in [-0.2, 0) is 0 Å². The minimum absolute atomic E-state index is 0.469. The molecule has 12 heavy (non-hydrogen) atoms. The SMILES string of the molecule is CCC(CC)NC1(C)CCCC1. The molecule has 72 valence electrons. The maximum atomic E-state index is 3.79. The van der Waals surface area contributed by atoms with Gasteiger partial charge in [0.1, 0.15) is 0 Å². The van der Waals surface area contributed by atoms with Crippen LogP contribution in [0.3, 0.4) is 0 Å². The summed E-state index contributed by atoms with van der Waals surface area (Å²) in [5, 5.41) is 3.79. The molecule has 1 nitrogen and oxygen atoms in total. The summed E-state index contributed by atoms with van der Waals surface area (Å²) < 4.78 is 0. The summed E-state index contributed by atoms with van der Waals surface area (Å²) in [6, 6.07) is 0.744. The highest BCUT2D eigenvalue weighted by molar-refractivity contribution is 4.90. The largest absolute Gasteiger partial charge is 0.309 e. The van der Waals surface area contributed by atoms with E-state index in [4.69, 9.17) is 0 Å². The van der Waals surface area contributed by atoms with Crippen LogP contribution < -0.4 is 5.32 Å². The highest BCUT2D eigenvalue weighted by Crippen LogP contribution is 2.29. The Bertz CT molecular complexity index is 121. The first kappa shape index (κ1) is 10.0. The van der Waals surface area contributed by atoms with Crippen LogP contribution >= 0.6 is 0 Å². The van der Waals surface area contributed by atoms with E-state index in [1.165, 1.54) is 38.5 Å². The van der Waals surface area contributed by atoms with Gasteiger partial charge in [-0.3, -0.25) is 0 Å². The van der Waals surface area contributed by atoms with Crippen LogP contribution in [0.25, 0.3) is 0 Å². The molecule has 0 radical (unpaired) electrons. The zero-order chi connectivity index (χ0) is 9.03. The summed E-state index contributed by atoms with van der Waals surface area (Å²) >= 11 is 0.